The highest BCUT2D eigenvalue weighted by Gasteiger charge is 2.18. The van der Waals surface area contributed by atoms with Gasteiger partial charge in [-0.15, -0.1) is 0 Å². The molecule has 3 aromatic carbocycles. The summed E-state index contributed by atoms with van der Waals surface area (Å²) < 4.78 is 19.0. The minimum absolute atomic E-state index is 0.198. The third-order valence-electron chi connectivity index (χ3n) is 4.11. The maximum atomic E-state index is 13.4. The van der Waals surface area contributed by atoms with E-state index in [4.69, 9.17) is 4.42 Å². The van der Waals surface area contributed by atoms with E-state index < -0.39 is 0 Å². The summed E-state index contributed by atoms with van der Waals surface area (Å²) in [6.45, 7) is 1.75. The highest BCUT2D eigenvalue weighted by molar-refractivity contribution is 6.07. The highest BCUT2D eigenvalue weighted by Crippen LogP contribution is 2.27. The van der Waals surface area contributed by atoms with E-state index in [1.807, 2.05) is 42.5 Å². The number of nitrogens with one attached hydrogen (secondary N) is 1. The van der Waals surface area contributed by atoms with E-state index in [1.165, 1.54) is 18.2 Å². The van der Waals surface area contributed by atoms with Crippen molar-refractivity contribution < 1.29 is 13.6 Å². The molecule has 0 aliphatic carbocycles. The molecule has 4 heteroatoms. The van der Waals surface area contributed by atoms with Crippen LogP contribution in [0.4, 0.5) is 10.1 Å². The molecule has 0 fully saturated rings. The van der Waals surface area contributed by atoms with Gasteiger partial charge < -0.3 is 9.73 Å². The van der Waals surface area contributed by atoms with Crippen LogP contribution >= 0.6 is 0 Å². The van der Waals surface area contributed by atoms with Crippen LogP contribution in [0.5, 0.6) is 0 Å². The number of rotatable bonds is 2. The van der Waals surface area contributed by atoms with Crippen molar-refractivity contribution in [2.24, 2.45) is 0 Å². The Morgan fingerprint density at radius 3 is 2.62 bits per heavy atom. The normalized spacial score (nSPS) is 11.1. The Hall–Kier alpha value is -3.14. The van der Waals surface area contributed by atoms with Crippen LogP contribution in [0.1, 0.15) is 16.1 Å². The summed E-state index contributed by atoms with van der Waals surface area (Å²) in [6, 6.07) is 17.8. The maximum Gasteiger partial charge on any atom is 0.291 e. The lowest BCUT2D eigenvalue weighted by molar-refractivity contribution is 0.0998. The number of carbonyl (C=O) groups excluding carboxylic acids is 1. The van der Waals surface area contributed by atoms with Gasteiger partial charge in [0.1, 0.15) is 11.4 Å². The molecule has 0 aliphatic rings. The zero-order chi connectivity index (χ0) is 16.7. The van der Waals surface area contributed by atoms with Crippen molar-refractivity contribution in [3.05, 3.63) is 77.8 Å². The van der Waals surface area contributed by atoms with Gasteiger partial charge in [-0.3, -0.25) is 4.79 Å². The molecule has 1 amide bonds. The molecule has 0 bridgehead atoms. The number of hydrogen-bond acceptors (Lipinski definition) is 2. The standard InChI is InChI=1S/C20H14FNO2/c1-12-17-11-15(21)7-9-18(17)24-19(12)20(23)22-16-8-6-13-4-2-3-5-14(13)10-16/h2-11H,1H3,(H,22,23). The fourth-order valence-electron chi connectivity index (χ4n) is 2.86. The lowest BCUT2D eigenvalue weighted by Crippen LogP contribution is -2.12. The van der Waals surface area contributed by atoms with Crippen molar-refractivity contribution >= 4 is 33.3 Å². The molecule has 0 spiro atoms. The largest absolute Gasteiger partial charge is 0.451 e. The predicted octanol–water partition coefficient (Wildman–Crippen LogP) is 5.29. The van der Waals surface area contributed by atoms with Gasteiger partial charge in [0.15, 0.2) is 5.76 Å². The monoisotopic (exact) mass is 319 g/mol. The van der Waals surface area contributed by atoms with Gasteiger partial charge in [-0.2, -0.15) is 0 Å². The van der Waals surface area contributed by atoms with Crippen LogP contribution in [-0.4, -0.2) is 5.91 Å². The minimum atomic E-state index is -0.354. The smallest absolute Gasteiger partial charge is 0.291 e. The third kappa shape index (κ3) is 2.42. The van der Waals surface area contributed by atoms with E-state index in [-0.39, 0.29) is 17.5 Å². The fraction of sp³-hybridized carbons (Fsp3) is 0.0500. The van der Waals surface area contributed by atoms with E-state index in [2.05, 4.69) is 5.32 Å². The molecule has 118 valence electrons. The molecule has 1 aromatic heterocycles. The number of hydrogen-bond donors (Lipinski definition) is 1. The summed E-state index contributed by atoms with van der Waals surface area (Å²) >= 11 is 0. The summed E-state index contributed by atoms with van der Waals surface area (Å²) in [5.41, 5.74) is 1.81. The summed E-state index contributed by atoms with van der Waals surface area (Å²) in [5.74, 6) is -0.504. The second kappa shape index (κ2) is 5.49. The zero-order valence-corrected chi connectivity index (χ0v) is 13.0. The van der Waals surface area contributed by atoms with Gasteiger partial charge >= 0.3 is 0 Å². The first-order valence-electron chi connectivity index (χ1n) is 7.60. The van der Waals surface area contributed by atoms with E-state index in [9.17, 15) is 9.18 Å². The Bertz CT molecular complexity index is 1080. The number of aryl methyl sites for hydroxylation is 1. The van der Waals surface area contributed by atoms with Gasteiger partial charge in [0, 0.05) is 16.6 Å². The quantitative estimate of drug-likeness (QED) is 0.546. The molecular formula is C20H14FNO2. The van der Waals surface area contributed by atoms with Crippen molar-refractivity contribution in [2.45, 2.75) is 6.92 Å². The Morgan fingerprint density at radius 1 is 1.00 bits per heavy atom. The number of anilines is 1. The van der Waals surface area contributed by atoms with Crippen molar-refractivity contribution in [2.75, 3.05) is 5.32 Å². The summed E-state index contributed by atoms with van der Waals surface area (Å²) in [5, 5.41) is 5.59. The number of amides is 1. The Labute approximate surface area is 137 Å². The first kappa shape index (κ1) is 14.5. The molecule has 4 rings (SSSR count). The summed E-state index contributed by atoms with van der Waals surface area (Å²) in [7, 11) is 0. The molecule has 1 N–H and O–H groups in total. The van der Waals surface area contributed by atoms with Crippen LogP contribution < -0.4 is 5.32 Å². The SMILES string of the molecule is Cc1c(C(=O)Nc2ccc3ccccc3c2)oc2ccc(F)cc12. The molecule has 1 heterocycles. The van der Waals surface area contributed by atoms with Crippen LogP contribution in [0.3, 0.4) is 0 Å². The average Bonchev–Trinajstić information content (AvgIpc) is 2.91. The number of carbonyl (C=O) groups is 1. The molecule has 0 aliphatic heterocycles. The van der Waals surface area contributed by atoms with Crippen LogP contribution in [0, 0.1) is 12.7 Å². The minimum Gasteiger partial charge on any atom is -0.451 e. The lowest BCUT2D eigenvalue weighted by atomic mass is 10.1. The maximum absolute atomic E-state index is 13.4. The van der Waals surface area contributed by atoms with Crippen LogP contribution in [0.25, 0.3) is 21.7 Å². The fourth-order valence-corrected chi connectivity index (χ4v) is 2.86. The van der Waals surface area contributed by atoms with Crippen molar-refractivity contribution in [1.29, 1.82) is 0 Å². The molecule has 0 atom stereocenters. The van der Waals surface area contributed by atoms with E-state index in [1.54, 1.807) is 6.92 Å². The highest BCUT2D eigenvalue weighted by atomic mass is 19.1. The zero-order valence-electron chi connectivity index (χ0n) is 13.0. The van der Waals surface area contributed by atoms with Crippen molar-refractivity contribution in [1.82, 2.24) is 0 Å². The van der Waals surface area contributed by atoms with Gasteiger partial charge in [-0.05, 0) is 48.0 Å². The lowest BCUT2D eigenvalue weighted by Gasteiger charge is -2.05. The second-order valence-electron chi connectivity index (χ2n) is 5.71. The molecule has 3 nitrogen and oxygen atoms in total. The van der Waals surface area contributed by atoms with Crippen molar-refractivity contribution in [3.8, 4) is 0 Å². The molecular weight excluding hydrogens is 305 g/mol. The molecule has 0 radical (unpaired) electrons. The molecule has 0 saturated carbocycles. The molecule has 0 saturated heterocycles. The van der Waals surface area contributed by atoms with Crippen LogP contribution in [0.2, 0.25) is 0 Å². The van der Waals surface area contributed by atoms with Gasteiger partial charge in [0.05, 0.1) is 0 Å². The molecule has 4 aromatic rings. The summed E-state index contributed by atoms with van der Waals surface area (Å²) in [6.07, 6.45) is 0. The molecule has 0 unspecified atom stereocenters. The topological polar surface area (TPSA) is 42.2 Å². The van der Waals surface area contributed by atoms with Crippen molar-refractivity contribution in [3.63, 3.8) is 0 Å². The van der Waals surface area contributed by atoms with Gasteiger partial charge in [-0.1, -0.05) is 30.3 Å². The molecule has 24 heavy (non-hydrogen) atoms. The second-order valence-corrected chi connectivity index (χ2v) is 5.71. The van der Waals surface area contributed by atoms with E-state index in [0.29, 0.717) is 22.2 Å². The van der Waals surface area contributed by atoms with Crippen LogP contribution in [0.15, 0.2) is 65.1 Å². The Balaban J connectivity index is 1.69. The first-order chi connectivity index (χ1) is 11.6. The Morgan fingerprint density at radius 2 is 1.79 bits per heavy atom. The third-order valence-corrected chi connectivity index (χ3v) is 4.11. The van der Waals surface area contributed by atoms with E-state index in [0.717, 1.165) is 10.8 Å². The van der Waals surface area contributed by atoms with E-state index >= 15 is 0 Å². The van der Waals surface area contributed by atoms with Crippen LogP contribution in [-0.2, 0) is 0 Å². The average molecular weight is 319 g/mol. The van der Waals surface area contributed by atoms with Gasteiger partial charge in [0.2, 0.25) is 0 Å². The number of fused-ring (bicyclic) bond motifs is 2. The van der Waals surface area contributed by atoms with Gasteiger partial charge in [-0.25, -0.2) is 4.39 Å². The summed E-state index contributed by atoms with van der Waals surface area (Å²) in [4.78, 5) is 12.5. The van der Waals surface area contributed by atoms with Gasteiger partial charge in [0.25, 0.3) is 5.91 Å². The Kier molecular flexibility index (Phi) is 3.31. The number of furan rings is 1. The number of benzene rings is 3. The first-order valence-corrected chi connectivity index (χ1v) is 7.60. The predicted molar refractivity (Wildman–Crippen MR) is 92.8 cm³/mol. The number of halogens is 1.